The number of hydrogen-bond acceptors (Lipinski definition) is 4. The maximum absolute atomic E-state index is 11.3. The van der Waals surface area contributed by atoms with Crippen LogP contribution in [0.2, 0.25) is 0 Å². The summed E-state index contributed by atoms with van der Waals surface area (Å²) in [6, 6.07) is 8.55. The van der Waals surface area contributed by atoms with E-state index in [1.807, 2.05) is 6.07 Å². The van der Waals surface area contributed by atoms with Crippen molar-refractivity contribution in [2.45, 2.75) is 13.0 Å². The number of rotatable bonds is 3. The normalized spacial score (nSPS) is 11.4. The van der Waals surface area contributed by atoms with Crippen LogP contribution in [0.15, 0.2) is 24.3 Å². The third kappa shape index (κ3) is 2.72. The number of carbonyl (C=O) groups is 1. The van der Waals surface area contributed by atoms with Crippen molar-refractivity contribution in [2.75, 3.05) is 7.05 Å². The first-order chi connectivity index (χ1) is 7.56. The predicted molar refractivity (Wildman–Crippen MR) is 55.8 cm³/mol. The van der Waals surface area contributed by atoms with Crippen molar-refractivity contribution in [2.24, 2.45) is 0 Å². The van der Waals surface area contributed by atoms with E-state index in [1.165, 1.54) is 14.0 Å². The van der Waals surface area contributed by atoms with E-state index in [2.05, 4.69) is 0 Å². The van der Waals surface area contributed by atoms with Gasteiger partial charge in [-0.1, -0.05) is 12.1 Å². The number of hydroxylamine groups is 2. The summed E-state index contributed by atoms with van der Waals surface area (Å²) >= 11 is 0. The fourth-order valence-corrected chi connectivity index (χ4v) is 1.17. The first kappa shape index (κ1) is 12.0. The molecule has 0 spiro atoms. The van der Waals surface area contributed by atoms with Crippen LogP contribution in [0, 0.1) is 11.3 Å². The zero-order valence-corrected chi connectivity index (χ0v) is 9.04. The molecule has 1 atom stereocenters. The Balaban J connectivity index is 2.81. The monoisotopic (exact) mass is 220 g/mol. The summed E-state index contributed by atoms with van der Waals surface area (Å²) in [6.07, 6.45) is -0.843. The SMILES string of the molecule is CC(Oc1ccccc1C#N)C(=O)N(C)O. The molecule has 0 radical (unpaired) electrons. The van der Waals surface area contributed by atoms with Crippen molar-refractivity contribution in [1.82, 2.24) is 5.06 Å². The van der Waals surface area contributed by atoms with Crippen molar-refractivity contribution < 1.29 is 14.7 Å². The molecular formula is C11H12N2O3. The number of nitrogens with zero attached hydrogens (tertiary/aromatic N) is 2. The quantitative estimate of drug-likeness (QED) is 0.613. The number of hydrogen-bond donors (Lipinski definition) is 1. The summed E-state index contributed by atoms with van der Waals surface area (Å²) in [7, 11) is 1.22. The van der Waals surface area contributed by atoms with Gasteiger partial charge in [0.2, 0.25) is 0 Å². The third-order valence-corrected chi connectivity index (χ3v) is 1.98. The highest BCUT2D eigenvalue weighted by atomic mass is 16.5. The molecule has 5 nitrogen and oxygen atoms in total. The third-order valence-electron chi connectivity index (χ3n) is 1.98. The largest absolute Gasteiger partial charge is 0.479 e. The maximum atomic E-state index is 11.3. The van der Waals surface area contributed by atoms with Gasteiger partial charge in [0.25, 0.3) is 5.91 Å². The van der Waals surface area contributed by atoms with Crippen LogP contribution in [0.25, 0.3) is 0 Å². The van der Waals surface area contributed by atoms with Crippen molar-refractivity contribution in [3.05, 3.63) is 29.8 Å². The van der Waals surface area contributed by atoms with Crippen LogP contribution in [-0.4, -0.2) is 29.3 Å². The van der Waals surface area contributed by atoms with Crippen molar-refractivity contribution in [1.29, 1.82) is 5.26 Å². The predicted octanol–water partition coefficient (Wildman–Crippen LogP) is 1.17. The molecule has 1 rings (SSSR count). The van der Waals surface area contributed by atoms with Gasteiger partial charge in [-0.15, -0.1) is 0 Å². The zero-order chi connectivity index (χ0) is 12.1. The number of para-hydroxylation sites is 1. The molecule has 0 aliphatic heterocycles. The van der Waals surface area contributed by atoms with Crippen LogP contribution >= 0.6 is 0 Å². The second-order valence-electron chi connectivity index (χ2n) is 3.23. The van der Waals surface area contributed by atoms with Crippen LogP contribution in [0.5, 0.6) is 5.75 Å². The highest BCUT2D eigenvalue weighted by Crippen LogP contribution is 2.18. The maximum Gasteiger partial charge on any atom is 0.286 e. The first-order valence-electron chi connectivity index (χ1n) is 4.68. The summed E-state index contributed by atoms with van der Waals surface area (Å²) in [5.41, 5.74) is 0.350. The number of nitriles is 1. The lowest BCUT2D eigenvalue weighted by molar-refractivity contribution is -0.166. The molecule has 0 aliphatic rings. The Morgan fingerprint density at radius 1 is 1.56 bits per heavy atom. The number of amides is 1. The van der Waals surface area contributed by atoms with Gasteiger partial charge in [0.05, 0.1) is 5.56 Å². The molecule has 0 saturated heterocycles. The van der Waals surface area contributed by atoms with Crippen LogP contribution in [0.1, 0.15) is 12.5 Å². The van der Waals surface area contributed by atoms with Gasteiger partial charge in [-0.25, -0.2) is 5.06 Å². The number of likely N-dealkylation sites (N-methyl/N-ethyl adjacent to an activating group) is 1. The van der Waals surface area contributed by atoms with E-state index in [0.29, 0.717) is 16.4 Å². The topological polar surface area (TPSA) is 73.6 Å². The van der Waals surface area contributed by atoms with Gasteiger partial charge in [-0.2, -0.15) is 5.26 Å². The second-order valence-corrected chi connectivity index (χ2v) is 3.23. The first-order valence-corrected chi connectivity index (χ1v) is 4.68. The van der Waals surface area contributed by atoms with Gasteiger partial charge in [0.15, 0.2) is 6.10 Å². The van der Waals surface area contributed by atoms with Crippen LogP contribution < -0.4 is 4.74 Å². The average molecular weight is 220 g/mol. The van der Waals surface area contributed by atoms with Gasteiger partial charge >= 0.3 is 0 Å². The van der Waals surface area contributed by atoms with E-state index in [0.717, 1.165) is 0 Å². The lowest BCUT2D eigenvalue weighted by atomic mass is 10.2. The summed E-state index contributed by atoms with van der Waals surface area (Å²) < 4.78 is 5.29. The number of ether oxygens (including phenoxy) is 1. The van der Waals surface area contributed by atoms with E-state index in [1.54, 1.807) is 24.3 Å². The fourth-order valence-electron chi connectivity index (χ4n) is 1.17. The minimum atomic E-state index is -0.843. The molecule has 0 heterocycles. The molecule has 84 valence electrons. The molecule has 0 aliphatic carbocycles. The molecule has 1 unspecified atom stereocenters. The Hall–Kier alpha value is -2.06. The van der Waals surface area contributed by atoms with Gasteiger partial charge in [0, 0.05) is 7.05 Å². The van der Waals surface area contributed by atoms with Gasteiger partial charge in [-0.3, -0.25) is 10.0 Å². The van der Waals surface area contributed by atoms with Gasteiger partial charge in [0.1, 0.15) is 11.8 Å². The summed E-state index contributed by atoms with van der Waals surface area (Å²) in [5, 5.41) is 18.2. The summed E-state index contributed by atoms with van der Waals surface area (Å²) in [6.45, 7) is 1.50. The Morgan fingerprint density at radius 2 is 2.19 bits per heavy atom. The lowest BCUT2D eigenvalue weighted by Crippen LogP contribution is -2.35. The molecule has 1 N–H and O–H groups in total. The van der Waals surface area contributed by atoms with Crippen molar-refractivity contribution in [3.8, 4) is 11.8 Å². The van der Waals surface area contributed by atoms with E-state index in [-0.39, 0.29) is 0 Å². The van der Waals surface area contributed by atoms with E-state index >= 15 is 0 Å². The second kappa shape index (κ2) is 5.14. The Labute approximate surface area is 93.4 Å². The zero-order valence-electron chi connectivity index (χ0n) is 9.04. The molecule has 16 heavy (non-hydrogen) atoms. The summed E-state index contributed by atoms with van der Waals surface area (Å²) in [5.74, 6) is -0.250. The van der Waals surface area contributed by atoms with Crippen LogP contribution in [0.3, 0.4) is 0 Å². The molecule has 1 aromatic carbocycles. The van der Waals surface area contributed by atoms with Gasteiger partial charge < -0.3 is 4.74 Å². The Bertz CT molecular complexity index is 423. The molecule has 5 heteroatoms. The van der Waals surface area contributed by atoms with E-state index in [4.69, 9.17) is 15.2 Å². The number of benzene rings is 1. The lowest BCUT2D eigenvalue weighted by Gasteiger charge is -2.17. The van der Waals surface area contributed by atoms with Crippen molar-refractivity contribution in [3.63, 3.8) is 0 Å². The molecule has 0 bridgehead atoms. The van der Waals surface area contributed by atoms with Gasteiger partial charge in [-0.05, 0) is 19.1 Å². The molecule has 0 aromatic heterocycles. The molecule has 0 fully saturated rings. The van der Waals surface area contributed by atoms with E-state index < -0.39 is 12.0 Å². The molecule has 1 amide bonds. The Morgan fingerprint density at radius 3 is 2.75 bits per heavy atom. The number of carbonyl (C=O) groups excluding carboxylic acids is 1. The highest BCUT2D eigenvalue weighted by Gasteiger charge is 2.18. The molecular weight excluding hydrogens is 208 g/mol. The standard InChI is InChI=1S/C11H12N2O3/c1-8(11(14)13(2)15)16-10-6-4-3-5-9(10)7-12/h3-6,8,15H,1-2H3. The fraction of sp³-hybridized carbons (Fsp3) is 0.273. The van der Waals surface area contributed by atoms with E-state index in [9.17, 15) is 4.79 Å². The van der Waals surface area contributed by atoms with Crippen molar-refractivity contribution >= 4 is 5.91 Å². The highest BCUT2D eigenvalue weighted by molar-refractivity contribution is 5.79. The average Bonchev–Trinajstić information content (AvgIpc) is 2.28. The Kier molecular flexibility index (Phi) is 3.86. The summed E-state index contributed by atoms with van der Waals surface area (Å²) in [4.78, 5) is 11.3. The minimum absolute atomic E-state index is 0.327. The van der Waals surface area contributed by atoms with Crippen LogP contribution in [-0.2, 0) is 4.79 Å². The molecule has 1 aromatic rings. The molecule has 0 saturated carbocycles. The smallest absolute Gasteiger partial charge is 0.286 e. The van der Waals surface area contributed by atoms with Crippen LogP contribution in [0.4, 0.5) is 0 Å². The minimum Gasteiger partial charge on any atom is -0.479 e.